The second kappa shape index (κ2) is 8.31. The molecular formula is C17H29N. The SMILES string of the molecule is CCCCC(N)(CCCC)CCc1ccccc1. The standard InChI is InChI=1S/C17H29N/c1-3-5-13-17(18,14-6-4-2)15-12-16-10-8-7-9-11-16/h7-11H,3-6,12-15,18H2,1-2H3. The highest BCUT2D eigenvalue weighted by atomic mass is 14.7. The molecule has 1 aromatic carbocycles. The largest absolute Gasteiger partial charge is 0.325 e. The number of benzene rings is 1. The van der Waals surface area contributed by atoms with Gasteiger partial charge in [-0.1, -0.05) is 69.9 Å². The molecule has 18 heavy (non-hydrogen) atoms. The zero-order valence-corrected chi connectivity index (χ0v) is 12.1. The van der Waals surface area contributed by atoms with Gasteiger partial charge in [-0.3, -0.25) is 0 Å². The lowest BCUT2D eigenvalue weighted by molar-refractivity contribution is 0.321. The maximum Gasteiger partial charge on any atom is 0.0157 e. The van der Waals surface area contributed by atoms with Gasteiger partial charge < -0.3 is 5.73 Å². The Bertz CT molecular complexity index is 297. The summed E-state index contributed by atoms with van der Waals surface area (Å²) in [5.41, 5.74) is 8.09. The van der Waals surface area contributed by atoms with Crippen molar-refractivity contribution >= 4 is 0 Å². The van der Waals surface area contributed by atoms with Crippen molar-refractivity contribution in [2.45, 2.75) is 70.8 Å². The van der Waals surface area contributed by atoms with E-state index in [0.29, 0.717) is 0 Å². The molecule has 0 saturated carbocycles. The zero-order chi connectivity index (χ0) is 13.3. The first-order chi connectivity index (χ1) is 8.70. The summed E-state index contributed by atoms with van der Waals surface area (Å²) in [7, 11) is 0. The maximum absolute atomic E-state index is 6.62. The van der Waals surface area contributed by atoms with Crippen LogP contribution in [0.4, 0.5) is 0 Å². The van der Waals surface area contributed by atoms with Gasteiger partial charge in [0.1, 0.15) is 0 Å². The molecular weight excluding hydrogens is 218 g/mol. The highest BCUT2D eigenvalue weighted by Gasteiger charge is 2.23. The van der Waals surface area contributed by atoms with E-state index < -0.39 is 0 Å². The molecule has 0 heterocycles. The van der Waals surface area contributed by atoms with Crippen molar-refractivity contribution in [3.63, 3.8) is 0 Å². The Morgan fingerprint density at radius 3 is 1.94 bits per heavy atom. The van der Waals surface area contributed by atoms with Crippen LogP contribution in [0.1, 0.15) is 64.4 Å². The van der Waals surface area contributed by atoms with E-state index in [4.69, 9.17) is 5.73 Å². The van der Waals surface area contributed by atoms with Gasteiger partial charge in [0.2, 0.25) is 0 Å². The van der Waals surface area contributed by atoms with Gasteiger partial charge in [-0.05, 0) is 31.2 Å². The molecule has 0 amide bonds. The lowest BCUT2D eigenvalue weighted by atomic mass is 9.83. The van der Waals surface area contributed by atoms with E-state index in [1.54, 1.807) is 0 Å². The molecule has 0 aliphatic carbocycles. The Kier molecular flexibility index (Phi) is 7.04. The lowest BCUT2D eigenvalue weighted by Crippen LogP contribution is -2.40. The Balaban J connectivity index is 2.49. The van der Waals surface area contributed by atoms with Crippen molar-refractivity contribution in [2.24, 2.45) is 5.73 Å². The van der Waals surface area contributed by atoms with E-state index in [2.05, 4.69) is 44.2 Å². The molecule has 0 spiro atoms. The maximum atomic E-state index is 6.62. The lowest BCUT2D eigenvalue weighted by Gasteiger charge is -2.30. The third-order valence-corrected chi connectivity index (χ3v) is 3.81. The first kappa shape index (κ1) is 15.2. The fourth-order valence-electron chi connectivity index (χ4n) is 2.47. The molecule has 0 bridgehead atoms. The zero-order valence-electron chi connectivity index (χ0n) is 12.1. The van der Waals surface area contributed by atoms with E-state index in [9.17, 15) is 0 Å². The summed E-state index contributed by atoms with van der Waals surface area (Å²) in [6.45, 7) is 4.49. The van der Waals surface area contributed by atoms with Gasteiger partial charge in [0.05, 0.1) is 0 Å². The molecule has 2 N–H and O–H groups in total. The smallest absolute Gasteiger partial charge is 0.0157 e. The van der Waals surface area contributed by atoms with Crippen LogP contribution in [-0.4, -0.2) is 5.54 Å². The number of rotatable bonds is 9. The molecule has 0 aromatic heterocycles. The van der Waals surface area contributed by atoms with Crippen LogP contribution in [0.2, 0.25) is 0 Å². The van der Waals surface area contributed by atoms with Crippen LogP contribution in [0.15, 0.2) is 30.3 Å². The summed E-state index contributed by atoms with van der Waals surface area (Å²) in [4.78, 5) is 0. The van der Waals surface area contributed by atoms with E-state index in [1.807, 2.05) is 0 Å². The van der Waals surface area contributed by atoms with E-state index in [1.165, 1.54) is 44.1 Å². The van der Waals surface area contributed by atoms with E-state index >= 15 is 0 Å². The Morgan fingerprint density at radius 2 is 1.44 bits per heavy atom. The van der Waals surface area contributed by atoms with Crippen molar-refractivity contribution in [1.29, 1.82) is 0 Å². The average Bonchev–Trinajstić information content (AvgIpc) is 2.42. The van der Waals surface area contributed by atoms with Crippen LogP contribution in [0, 0.1) is 0 Å². The normalized spacial score (nSPS) is 11.7. The molecule has 0 aliphatic rings. The molecule has 0 atom stereocenters. The minimum Gasteiger partial charge on any atom is -0.325 e. The van der Waals surface area contributed by atoms with Gasteiger partial charge in [0, 0.05) is 5.54 Å². The molecule has 1 heteroatoms. The Hall–Kier alpha value is -0.820. The summed E-state index contributed by atoms with van der Waals surface area (Å²) in [6, 6.07) is 10.7. The third-order valence-electron chi connectivity index (χ3n) is 3.81. The van der Waals surface area contributed by atoms with Gasteiger partial charge >= 0.3 is 0 Å². The van der Waals surface area contributed by atoms with Crippen LogP contribution in [0.5, 0.6) is 0 Å². The summed E-state index contributed by atoms with van der Waals surface area (Å²) in [6.07, 6.45) is 9.60. The van der Waals surface area contributed by atoms with Crippen molar-refractivity contribution in [1.82, 2.24) is 0 Å². The minimum atomic E-state index is 0.0574. The van der Waals surface area contributed by atoms with E-state index in [0.717, 1.165) is 12.8 Å². The van der Waals surface area contributed by atoms with Gasteiger partial charge in [-0.25, -0.2) is 0 Å². The second-order valence-corrected chi connectivity index (χ2v) is 5.56. The van der Waals surface area contributed by atoms with Gasteiger partial charge in [-0.15, -0.1) is 0 Å². The predicted molar refractivity (Wildman–Crippen MR) is 80.7 cm³/mol. The van der Waals surface area contributed by atoms with E-state index in [-0.39, 0.29) is 5.54 Å². The summed E-state index contributed by atoms with van der Waals surface area (Å²) in [5.74, 6) is 0. The van der Waals surface area contributed by atoms with Crippen molar-refractivity contribution in [3.8, 4) is 0 Å². The van der Waals surface area contributed by atoms with Crippen LogP contribution in [-0.2, 0) is 6.42 Å². The summed E-state index contributed by atoms with van der Waals surface area (Å²) in [5, 5.41) is 0. The predicted octanol–water partition coefficient (Wildman–Crippen LogP) is 4.70. The van der Waals surface area contributed by atoms with Crippen LogP contribution in [0.25, 0.3) is 0 Å². The Labute approximate surface area is 113 Å². The number of unbranched alkanes of at least 4 members (excludes halogenated alkanes) is 2. The first-order valence-electron chi connectivity index (χ1n) is 7.53. The molecule has 1 rings (SSSR count). The first-order valence-corrected chi connectivity index (χ1v) is 7.53. The quantitative estimate of drug-likeness (QED) is 0.672. The van der Waals surface area contributed by atoms with Gasteiger partial charge in [-0.2, -0.15) is 0 Å². The monoisotopic (exact) mass is 247 g/mol. The minimum absolute atomic E-state index is 0.0574. The van der Waals surface area contributed by atoms with Crippen LogP contribution < -0.4 is 5.73 Å². The van der Waals surface area contributed by atoms with Crippen molar-refractivity contribution in [3.05, 3.63) is 35.9 Å². The number of hydrogen-bond donors (Lipinski definition) is 1. The Morgan fingerprint density at radius 1 is 0.889 bits per heavy atom. The highest BCUT2D eigenvalue weighted by molar-refractivity contribution is 5.15. The second-order valence-electron chi connectivity index (χ2n) is 5.56. The van der Waals surface area contributed by atoms with Gasteiger partial charge in [0.15, 0.2) is 0 Å². The van der Waals surface area contributed by atoms with Crippen LogP contribution in [0.3, 0.4) is 0 Å². The van der Waals surface area contributed by atoms with Gasteiger partial charge in [0.25, 0.3) is 0 Å². The molecule has 1 aromatic rings. The highest BCUT2D eigenvalue weighted by Crippen LogP contribution is 2.24. The average molecular weight is 247 g/mol. The molecule has 102 valence electrons. The number of aryl methyl sites for hydroxylation is 1. The number of hydrogen-bond acceptors (Lipinski definition) is 1. The fraction of sp³-hybridized carbons (Fsp3) is 0.647. The molecule has 1 nitrogen and oxygen atoms in total. The molecule has 0 saturated heterocycles. The van der Waals surface area contributed by atoms with Crippen molar-refractivity contribution in [2.75, 3.05) is 0 Å². The van der Waals surface area contributed by atoms with Crippen molar-refractivity contribution < 1.29 is 0 Å². The molecule has 0 unspecified atom stereocenters. The third kappa shape index (κ3) is 5.68. The summed E-state index contributed by atoms with van der Waals surface area (Å²) >= 11 is 0. The summed E-state index contributed by atoms with van der Waals surface area (Å²) < 4.78 is 0. The molecule has 0 fully saturated rings. The van der Waals surface area contributed by atoms with Crippen LogP contribution >= 0.6 is 0 Å². The molecule has 0 aliphatic heterocycles. The molecule has 0 radical (unpaired) electrons. The fourth-order valence-corrected chi connectivity index (χ4v) is 2.47. The topological polar surface area (TPSA) is 26.0 Å². The number of nitrogens with two attached hydrogens (primary N) is 1.